The number of aliphatic hydroxyl groups excluding tert-OH is 1. The third-order valence-electron chi connectivity index (χ3n) is 5.91. The average molecular weight is 483 g/mol. The minimum Gasteiger partial charge on any atom is -0.387 e. The van der Waals surface area contributed by atoms with Gasteiger partial charge in [-0.2, -0.15) is 17.5 Å². The van der Waals surface area contributed by atoms with Crippen LogP contribution < -0.4 is 0 Å². The Morgan fingerprint density at radius 2 is 1.94 bits per heavy atom. The second-order valence-electron chi connectivity index (χ2n) is 8.06. The second kappa shape index (κ2) is 7.52. The number of alkyl halides is 3. The van der Waals surface area contributed by atoms with Crippen LogP contribution in [-0.4, -0.2) is 65.1 Å². The van der Waals surface area contributed by atoms with Gasteiger partial charge in [-0.1, -0.05) is 5.16 Å². The summed E-state index contributed by atoms with van der Waals surface area (Å²) in [6, 6.07) is 1.98. The molecule has 0 amide bonds. The first-order chi connectivity index (χ1) is 14.4. The number of piperidine rings is 1. The van der Waals surface area contributed by atoms with Crippen molar-refractivity contribution < 1.29 is 41.1 Å². The van der Waals surface area contributed by atoms with Crippen molar-refractivity contribution in [2.75, 3.05) is 19.7 Å². The largest absolute Gasteiger partial charge is 0.452 e. The fourth-order valence-electron chi connectivity index (χ4n) is 4.02. The van der Waals surface area contributed by atoms with Crippen LogP contribution in [0.2, 0.25) is 0 Å². The maximum Gasteiger partial charge on any atom is 0.452 e. The summed E-state index contributed by atoms with van der Waals surface area (Å²) < 4.78 is 75.5. The van der Waals surface area contributed by atoms with Crippen LogP contribution in [0, 0.1) is 0 Å². The summed E-state index contributed by atoms with van der Waals surface area (Å²) in [5.74, 6) is -1.26. The van der Waals surface area contributed by atoms with Crippen molar-refractivity contribution in [3.63, 3.8) is 0 Å². The Labute approximate surface area is 180 Å². The fraction of sp³-hybridized carbons (Fsp3) is 0.611. The van der Waals surface area contributed by atoms with Gasteiger partial charge in [0.1, 0.15) is 16.0 Å². The fourth-order valence-corrected chi connectivity index (χ4v) is 6.79. The van der Waals surface area contributed by atoms with Crippen LogP contribution in [0.3, 0.4) is 0 Å². The lowest BCUT2D eigenvalue weighted by Gasteiger charge is -2.51. The molecule has 1 spiro atoms. The molecule has 0 radical (unpaired) electrons. The molecule has 2 aliphatic rings. The van der Waals surface area contributed by atoms with Crippen molar-refractivity contribution in [2.45, 2.75) is 53.9 Å². The van der Waals surface area contributed by atoms with Gasteiger partial charge >= 0.3 is 6.18 Å². The highest BCUT2D eigenvalue weighted by molar-refractivity contribution is 7.91. The highest BCUT2D eigenvalue weighted by Crippen LogP contribution is 2.41. The molecule has 13 heteroatoms. The Bertz CT molecular complexity index is 1050. The summed E-state index contributed by atoms with van der Waals surface area (Å²) >= 11 is 0.876. The lowest BCUT2D eigenvalue weighted by Crippen LogP contribution is -2.64. The molecule has 0 aliphatic carbocycles. The summed E-state index contributed by atoms with van der Waals surface area (Å²) in [5, 5.41) is 25.7. The summed E-state index contributed by atoms with van der Waals surface area (Å²) in [6.07, 6.45) is -5.12. The van der Waals surface area contributed by atoms with E-state index in [1.165, 1.54) is 22.7 Å². The van der Waals surface area contributed by atoms with Crippen molar-refractivity contribution in [1.29, 1.82) is 0 Å². The van der Waals surface area contributed by atoms with Crippen LogP contribution in [0.5, 0.6) is 0 Å². The zero-order chi connectivity index (χ0) is 22.7. The van der Waals surface area contributed by atoms with Crippen molar-refractivity contribution in [3.8, 4) is 11.3 Å². The standard InChI is InChI=1S/C18H21F3N2O6S2/c1-16(25)4-7-28-17(15(16)24)2-5-23(6-3-17)31(26,27)14-8-11(10-30-14)12-9-13(29-22-12)18(19,20)21/h8-10,15,24-25H,2-7H2,1H3/t15-,16+/m0/s1. The molecule has 172 valence electrons. The molecule has 2 atom stereocenters. The van der Waals surface area contributed by atoms with Gasteiger partial charge in [-0.25, -0.2) is 8.42 Å². The number of aromatic nitrogens is 1. The van der Waals surface area contributed by atoms with Gasteiger partial charge in [0.05, 0.1) is 17.8 Å². The summed E-state index contributed by atoms with van der Waals surface area (Å²) in [5.41, 5.74) is -2.22. The maximum atomic E-state index is 13.0. The third-order valence-corrected chi connectivity index (χ3v) is 9.22. The van der Waals surface area contributed by atoms with Crippen LogP contribution in [-0.2, 0) is 20.9 Å². The van der Waals surface area contributed by atoms with E-state index >= 15 is 0 Å². The van der Waals surface area contributed by atoms with E-state index in [0.717, 1.165) is 17.4 Å². The van der Waals surface area contributed by atoms with Gasteiger partial charge in [0, 0.05) is 36.5 Å². The van der Waals surface area contributed by atoms with Crippen molar-refractivity contribution in [1.82, 2.24) is 9.46 Å². The quantitative estimate of drug-likeness (QED) is 0.691. The van der Waals surface area contributed by atoms with Crippen LogP contribution >= 0.6 is 11.3 Å². The minimum atomic E-state index is -4.68. The predicted octanol–water partition coefficient (Wildman–Crippen LogP) is 2.48. The van der Waals surface area contributed by atoms with Crippen molar-refractivity contribution >= 4 is 21.4 Å². The molecular formula is C18H21F3N2O6S2. The van der Waals surface area contributed by atoms with E-state index in [2.05, 4.69) is 9.68 Å². The van der Waals surface area contributed by atoms with Gasteiger partial charge in [-0.05, 0) is 25.8 Å². The highest BCUT2D eigenvalue weighted by atomic mass is 32.2. The first kappa shape index (κ1) is 22.7. The lowest BCUT2D eigenvalue weighted by molar-refractivity contribution is -0.243. The highest BCUT2D eigenvalue weighted by Gasteiger charge is 2.53. The predicted molar refractivity (Wildman–Crippen MR) is 103 cm³/mol. The Hall–Kier alpha value is -1.51. The minimum absolute atomic E-state index is 0.0351. The Kier molecular flexibility index (Phi) is 5.50. The molecule has 4 rings (SSSR count). The molecule has 4 heterocycles. The molecule has 2 N–H and O–H groups in total. The zero-order valence-corrected chi connectivity index (χ0v) is 18.1. The van der Waals surface area contributed by atoms with Crippen LogP contribution in [0.4, 0.5) is 13.2 Å². The van der Waals surface area contributed by atoms with E-state index in [4.69, 9.17) is 4.74 Å². The van der Waals surface area contributed by atoms with Crippen molar-refractivity contribution in [2.24, 2.45) is 0 Å². The summed E-state index contributed by atoms with van der Waals surface area (Å²) in [4.78, 5) is 0. The van der Waals surface area contributed by atoms with Crippen LogP contribution in [0.25, 0.3) is 11.3 Å². The smallest absolute Gasteiger partial charge is 0.387 e. The van der Waals surface area contributed by atoms with E-state index in [1.807, 2.05) is 0 Å². The topological polar surface area (TPSA) is 113 Å². The molecule has 2 aliphatic heterocycles. The molecule has 2 saturated heterocycles. The number of hydrogen-bond acceptors (Lipinski definition) is 8. The molecule has 0 saturated carbocycles. The Morgan fingerprint density at radius 1 is 1.26 bits per heavy atom. The van der Waals surface area contributed by atoms with Crippen LogP contribution in [0.1, 0.15) is 31.9 Å². The number of rotatable bonds is 3. The summed E-state index contributed by atoms with van der Waals surface area (Å²) in [7, 11) is -3.90. The second-order valence-corrected chi connectivity index (χ2v) is 11.1. The molecule has 2 aromatic rings. The van der Waals surface area contributed by atoms with Crippen LogP contribution in [0.15, 0.2) is 26.2 Å². The lowest BCUT2D eigenvalue weighted by atomic mass is 9.75. The molecule has 8 nitrogen and oxygen atoms in total. The normalized spacial score (nSPS) is 27.6. The molecule has 0 bridgehead atoms. The molecule has 0 aromatic carbocycles. The van der Waals surface area contributed by atoms with E-state index in [9.17, 15) is 31.8 Å². The van der Waals surface area contributed by atoms with Gasteiger partial charge in [0.25, 0.3) is 10.0 Å². The SMILES string of the molecule is C[C@@]1(O)CCOC2(CCN(S(=O)(=O)c3cc(-c4cc(C(F)(F)F)on4)cs3)CC2)[C@H]1O. The van der Waals surface area contributed by atoms with Crippen molar-refractivity contribution in [3.05, 3.63) is 23.3 Å². The monoisotopic (exact) mass is 482 g/mol. The molecule has 2 fully saturated rings. The van der Waals surface area contributed by atoms with E-state index in [1.54, 1.807) is 0 Å². The van der Waals surface area contributed by atoms with E-state index in [-0.39, 0.29) is 54.4 Å². The first-order valence-corrected chi connectivity index (χ1v) is 11.8. The maximum absolute atomic E-state index is 13.0. The molecule has 31 heavy (non-hydrogen) atoms. The van der Waals surface area contributed by atoms with Gasteiger partial charge in [-0.3, -0.25) is 0 Å². The van der Waals surface area contributed by atoms with E-state index < -0.39 is 39.3 Å². The van der Waals surface area contributed by atoms with Gasteiger partial charge in [-0.15, -0.1) is 11.3 Å². The number of halogens is 3. The number of ether oxygens (including phenoxy) is 1. The number of thiophene rings is 1. The number of sulfonamides is 1. The molecule has 2 aromatic heterocycles. The Balaban J connectivity index is 1.50. The zero-order valence-electron chi connectivity index (χ0n) is 16.4. The number of aliphatic hydroxyl groups is 2. The number of hydrogen-bond donors (Lipinski definition) is 2. The number of nitrogens with zero attached hydrogens (tertiary/aromatic N) is 2. The van der Waals surface area contributed by atoms with Gasteiger partial charge in [0.15, 0.2) is 0 Å². The van der Waals surface area contributed by atoms with Gasteiger partial charge in [0.2, 0.25) is 5.76 Å². The molecule has 0 unspecified atom stereocenters. The average Bonchev–Trinajstić information content (AvgIpc) is 3.36. The van der Waals surface area contributed by atoms with Gasteiger partial charge < -0.3 is 19.5 Å². The summed E-state index contributed by atoms with van der Waals surface area (Å²) in [6.45, 7) is 1.95. The third kappa shape index (κ3) is 4.02. The molecular weight excluding hydrogens is 461 g/mol. The Morgan fingerprint density at radius 3 is 2.55 bits per heavy atom. The first-order valence-electron chi connectivity index (χ1n) is 9.53. The van der Waals surface area contributed by atoms with E-state index in [0.29, 0.717) is 0 Å².